The van der Waals surface area contributed by atoms with Gasteiger partial charge in [-0.25, -0.2) is 12.7 Å². The predicted molar refractivity (Wildman–Crippen MR) is 59.5 cm³/mol. The maximum atomic E-state index is 11.4. The van der Waals surface area contributed by atoms with Crippen molar-refractivity contribution in [2.75, 3.05) is 19.3 Å². The highest BCUT2D eigenvalue weighted by Crippen LogP contribution is 2.01. The third kappa shape index (κ3) is 5.48. The van der Waals surface area contributed by atoms with Gasteiger partial charge in [-0.05, 0) is 13.3 Å². The van der Waals surface area contributed by atoms with Gasteiger partial charge in [0.2, 0.25) is 10.0 Å². The number of hydrogen-bond acceptors (Lipinski definition) is 4. The van der Waals surface area contributed by atoms with E-state index in [1.807, 2.05) is 0 Å². The topological polar surface area (TPSA) is 83.6 Å². The van der Waals surface area contributed by atoms with Crippen molar-refractivity contribution >= 4 is 27.2 Å². The molecule has 0 radical (unpaired) electrons. The second-order valence-electron chi connectivity index (χ2n) is 3.18. The first-order chi connectivity index (χ1) is 6.25. The van der Waals surface area contributed by atoms with E-state index in [9.17, 15) is 8.42 Å². The van der Waals surface area contributed by atoms with E-state index >= 15 is 0 Å². The van der Waals surface area contributed by atoms with Crippen LogP contribution < -0.4 is 5.73 Å². The zero-order chi connectivity index (χ0) is 11.4. The van der Waals surface area contributed by atoms with Gasteiger partial charge in [-0.3, -0.25) is 0 Å². The Labute approximate surface area is 89.9 Å². The average molecular weight is 240 g/mol. The van der Waals surface area contributed by atoms with Gasteiger partial charge in [-0.15, -0.1) is 0 Å². The second kappa shape index (κ2) is 5.59. The molecule has 14 heavy (non-hydrogen) atoms. The molecule has 1 atom stereocenters. The summed E-state index contributed by atoms with van der Waals surface area (Å²) in [6, 6.07) is 0. The van der Waals surface area contributed by atoms with Crippen LogP contribution in [0.2, 0.25) is 0 Å². The summed E-state index contributed by atoms with van der Waals surface area (Å²) < 4.78 is 24.0. The Kier molecular flexibility index (Phi) is 5.50. The highest BCUT2D eigenvalue weighted by molar-refractivity contribution is 7.92. The lowest BCUT2D eigenvalue weighted by Crippen LogP contribution is -2.35. The molecule has 0 aromatic carbocycles. The lowest BCUT2D eigenvalue weighted by Gasteiger charge is -2.17. The summed E-state index contributed by atoms with van der Waals surface area (Å²) in [5, 5.41) is 8.98. The number of hydrogen-bond donors (Lipinski definition) is 2. The normalized spacial score (nSPS) is 14.3. The molecule has 0 aromatic rings. The summed E-state index contributed by atoms with van der Waals surface area (Å²) in [5.41, 5.74) is 5.15. The van der Waals surface area contributed by atoms with Gasteiger partial charge in [0.25, 0.3) is 0 Å². The van der Waals surface area contributed by atoms with Crippen LogP contribution in [0.15, 0.2) is 0 Å². The van der Waals surface area contributed by atoms with Crippen molar-refractivity contribution in [2.24, 2.45) is 5.73 Å². The highest BCUT2D eigenvalue weighted by Gasteiger charge is 2.18. The fourth-order valence-electron chi connectivity index (χ4n) is 0.798. The summed E-state index contributed by atoms with van der Waals surface area (Å²) in [4.78, 5) is -0.0473. The molecule has 84 valence electrons. The fourth-order valence-corrected chi connectivity index (χ4v) is 2.21. The van der Waals surface area contributed by atoms with Crippen LogP contribution in [0.1, 0.15) is 13.3 Å². The van der Waals surface area contributed by atoms with E-state index in [-0.39, 0.29) is 17.3 Å². The molecule has 0 spiro atoms. The van der Waals surface area contributed by atoms with Crippen molar-refractivity contribution in [1.82, 2.24) is 4.31 Å². The third-order valence-electron chi connectivity index (χ3n) is 1.66. The number of rotatable bonds is 6. The van der Waals surface area contributed by atoms with Gasteiger partial charge in [0.1, 0.15) is 5.75 Å². The number of thiocarbonyl (C=S) groups is 1. The van der Waals surface area contributed by atoms with Gasteiger partial charge in [-0.2, -0.15) is 0 Å². The minimum atomic E-state index is -3.40. The van der Waals surface area contributed by atoms with Crippen molar-refractivity contribution in [3.63, 3.8) is 0 Å². The molecule has 0 rings (SSSR count). The molecule has 0 amide bonds. The van der Waals surface area contributed by atoms with Gasteiger partial charge in [0.05, 0.1) is 11.1 Å². The molecule has 0 heterocycles. The molecular formula is C7H16N2O3S2. The lowest BCUT2D eigenvalue weighted by atomic mass is 10.3. The molecule has 0 aliphatic heterocycles. The van der Waals surface area contributed by atoms with Crippen LogP contribution in [0.3, 0.4) is 0 Å². The summed E-state index contributed by atoms with van der Waals surface area (Å²) >= 11 is 4.52. The van der Waals surface area contributed by atoms with E-state index in [2.05, 4.69) is 12.2 Å². The molecule has 0 fully saturated rings. The maximum Gasteiger partial charge on any atom is 0.220 e. The number of nitrogens with two attached hydrogens (primary N) is 1. The monoisotopic (exact) mass is 240 g/mol. The number of nitrogens with zero attached hydrogens (tertiary/aromatic N) is 1. The summed E-state index contributed by atoms with van der Waals surface area (Å²) in [5.74, 6) is -0.321. The Morgan fingerprint density at radius 3 is 2.50 bits per heavy atom. The van der Waals surface area contributed by atoms with E-state index in [1.165, 1.54) is 7.05 Å². The molecule has 0 aromatic heterocycles. The van der Waals surface area contributed by atoms with Crippen LogP contribution in [0.25, 0.3) is 0 Å². The van der Waals surface area contributed by atoms with Crippen molar-refractivity contribution in [3.05, 3.63) is 0 Å². The quantitative estimate of drug-likeness (QED) is 0.600. The van der Waals surface area contributed by atoms with Crippen molar-refractivity contribution in [3.8, 4) is 0 Å². The number of aliphatic hydroxyl groups is 1. The zero-order valence-corrected chi connectivity index (χ0v) is 9.94. The first-order valence-corrected chi connectivity index (χ1v) is 6.18. The number of sulfonamides is 1. The smallest absolute Gasteiger partial charge is 0.220 e. The molecule has 0 saturated carbocycles. The van der Waals surface area contributed by atoms with Crippen molar-refractivity contribution < 1.29 is 13.5 Å². The van der Waals surface area contributed by atoms with Crippen LogP contribution in [0, 0.1) is 0 Å². The van der Waals surface area contributed by atoms with Crippen LogP contribution in [0.5, 0.6) is 0 Å². The molecule has 0 saturated heterocycles. The van der Waals surface area contributed by atoms with Crippen molar-refractivity contribution in [1.29, 1.82) is 0 Å². The van der Waals surface area contributed by atoms with Crippen LogP contribution >= 0.6 is 12.2 Å². The highest BCUT2D eigenvalue weighted by atomic mass is 32.2. The molecule has 0 aliphatic rings. The summed E-state index contributed by atoms with van der Waals surface area (Å²) in [6.07, 6.45) is -0.120. The van der Waals surface area contributed by atoms with Gasteiger partial charge >= 0.3 is 0 Å². The number of aliphatic hydroxyl groups excluding tert-OH is 1. The molecule has 3 N–H and O–H groups in total. The average Bonchev–Trinajstić information content (AvgIpc) is 1.97. The van der Waals surface area contributed by atoms with Gasteiger partial charge in [0, 0.05) is 13.6 Å². The maximum absolute atomic E-state index is 11.4. The first-order valence-electron chi connectivity index (χ1n) is 4.16. The van der Waals surface area contributed by atoms with Gasteiger partial charge < -0.3 is 10.8 Å². The summed E-state index contributed by atoms with van der Waals surface area (Å²) in [6.45, 7) is 1.87. The molecule has 0 aliphatic carbocycles. The van der Waals surface area contributed by atoms with E-state index in [1.54, 1.807) is 6.92 Å². The molecule has 0 bridgehead atoms. The minimum Gasteiger partial charge on any atom is -0.393 e. The largest absolute Gasteiger partial charge is 0.393 e. The van der Waals surface area contributed by atoms with Crippen LogP contribution in [-0.4, -0.2) is 48.3 Å². The second-order valence-corrected chi connectivity index (χ2v) is 5.78. The lowest BCUT2D eigenvalue weighted by molar-refractivity contribution is 0.177. The van der Waals surface area contributed by atoms with Gasteiger partial charge in [-0.1, -0.05) is 12.2 Å². The standard InChI is InChI=1S/C7H16N2O3S2/c1-6(10)3-4-9(2)14(11,12)5-7(8)13/h6,10H,3-5H2,1-2H3,(H2,8,13). The minimum absolute atomic E-state index is 0.0473. The summed E-state index contributed by atoms with van der Waals surface area (Å²) in [7, 11) is -1.96. The van der Waals surface area contributed by atoms with Crippen LogP contribution in [-0.2, 0) is 10.0 Å². The molecule has 5 nitrogen and oxygen atoms in total. The molecule has 7 heteroatoms. The Bertz CT molecular complexity index is 287. The zero-order valence-electron chi connectivity index (χ0n) is 8.30. The molecule has 1 unspecified atom stereocenters. The van der Waals surface area contributed by atoms with E-state index < -0.39 is 16.1 Å². The Hall–Kier alpha value is -0.240. The van der Waals surface area contributed by atoms with E-state index in [0.29, 0.717) is 6.42 Å². The SMILES string of the molecule is CC(O)CCN(C)S(=O)(=O)CC(N)=S. The molecular weight excluding hydrogens is 224 g/mol. The van der Waals surface area contributed by atoms with Crippen molar-refractivity contribution in [2.45, 2.75) is 19.4 Å². The predicted octanol–water partition coefficient (Wildman–Crippen LogP) is -0.695. The first kappa shape index (κ1) is 13.8. The Morgan fingerprint density at radius 1 is 1.64 bits per heavy atom. The van der Waals surface area contributed by atoms with Crippen LogP contribution in [0.4, 0.5) is 0 Å². The Balaban J connectivity index is 4.22. The third-order valence-corrected chi connectivity index (χ3v) is 3.80. The van der Waals surface area contributed by atoms with E-state index in [4.69, 9.17) is 10.8 Å². The van der Waals surface area contributed by atoms with E-state index in [0.717, 1.165) is 4.31 Å². The Morgan fingerprint density at radius 2 is 2.14 bits per heavy atom. The van der Waals surface area contributed by atoms with Gasteiger partial charge in [0.15, 0.2) is 0 Å². The fraction of sp³-hybridized carbons (Fsp3) is 0.857.